The lowest BCUT2D eigenvalue weighted by molar-refractivity contribution is 0.278. The van der Waals surface area contributed by atoms with Crippen LogP contribution in [0, 0.1) is 0 Å². The summed E-state index contributed by atoms with van der Waals surface area (Å²) in [6, 6.07) is 1.80. The van der Waals surface area contributed by atoms with Gasteiger partial charge in [-0.1, -0.05) is 30.1 Å². The second-order valence-electron chi connectivity index (χ2n) is 3.66. The molecule has 0 radical (unpaired) electrons. The minimum Gasteiger partial charge on any atom is -0.396 e. The van der Waals surface area contributed by atoms with E-state index in [1.807, 2.05) is 6.92 Å². The molecule has 0 aliphatic heterocycles. The van der Waals surface area contributed by atoms with Gasteiger partial charge in [0.2, 0.25) is 0 Å². The van der Waals surface area contributed by atoms with Crippen molar-refractivity contribution in [2.24, 2.45) is 0 Å². The first-order chi connectivity index (χ1) is 8.12. The Morgan fingerprint density at radius 2 is 2.00 bits per heavy atom. The highest BCUT2D eigenvalue weighted by Gasteiger charge is 2.12. The Morgan fingerprint density at radius 3 is 2.53 bits per heavy atom. The molecule has 96 valence electrons. The lowest BCUT2D eigenvalue weighted by Gasteiger charge is -2.18. The van der Waals surface area contributed by atoms with Gasteiger partial charge in [0.15, 0.2) is 0 Å². The summed E-state index contributed by atoms with van der Waals surface area (Å²) in [6.45, 7) is 2.17. The fourth-order valence-corrected chi connectivity index (χ4v) is 1.98. The van der Waals surface area contributed by atoms with Crippen LogP contribution in [-0.2, 0) is 0 Å². The van der Waals surface area contributed by atoms with E-state index in [-0.39, 0.29) is 12.6 Å². The maximum Gasteiger partial charge on any atom is 0.147 e. The van der Waals surface area contributed by atoms with E-state index < -0.39 is 0 Å². The molecule has 0 bridgehead atoms. The van der Waals surface area contributed by atoms with Gasteiger partial charge in [0.1, 0.15) is 11.6 Å². The number of aromatic nitrogens is 1. The molecule has 1 rings (SSSR count). The van der Waals surface area contributed by atoms with E-state index in [1.165, 1.54) is 0 Å². The van der Waals surface area contributed by atoms with Crippen LogP contribution in [-0.4, -0.2) is 29.8 Å². The number of anilines is 2. The molecule has 0 aliphatic carbocycles. The molecule has 0 saturated heterocycles. The number of hydrogen-bond donors (Lipinski definition) is 3. The quantitative estimate of drug-likeness (QED) is 0.748. The van der Waals surface area contributed by atoms with Crippen LogP contribution in [0.15, 0.2) is 6.07 Å². The number of aliphatic hydroxyl groups excluding tert-OH is 1. The van der Waals surface area contributed by atoms with Crippen LogP contribution >= 0.6 is 23.2 Å². The summed E-state index contributed by atoms with van der Waals surface area (Å²) in [5.41, 5.74) is 0. The minimum absolute atomic E-state index is 0.135. The molecule has 0 spiro atoms. The first-order valence-electron chi connectivity index (χ1n) is 5.53. The van der Waals surface area contributed by atoms with Crippen molar-refractivity contribution in [2.75, 3.05) is 24.3 Å². The van der Waals surface area contributed by atoms with E-state index in [0.717, 1.165) is 6.42 Å². The summed E-state index contributed by atoms with van der Waals surface area (Å²) >= 11 is 12.0. The molecular formula is C11H17Cl2N3O. The second-order valence-corrected chi connectivity index (χ2v) is 4.48. The number of nitrogens with zero attached hydrogens (tertiary/aromatic N) is 1. The molecule has 1 unspecified atom stereocenters. The number of aliphatic hydroxyl groups is 1. The molecule has 17 heavy (non-hydrogen) atoms. The lowest BCUT2D eigenvalue weighted by atomic mass is 10.1. The molecule has 0 amide bonds. The van der Waals surface area contributed by atoms with Gasteiger partial charge in [-0.15, -0.1) is 0 Å². The smallest absolute Gasteiger partial charge is 0.147 e. The fraction of sp³-hybridized carbons (Fsp3) is 0.545. The van der Waals surface area contributed by atoms with Crippen LogP contribution in [0.1, 0.15) is 19.8 Å². The average molecular weight is 278 g/mol. The van der Waals surface area contributed by atoms with Gasteiger partial charge in [-0.3, -0.25) is 0 Å². The average Bonchev–Trinajstić information content (AvgIpc) is 2.31. The molecule has 0 aliphatic rings. The molecule has 1 aromatic rings. The van der Waals surface area contributed by atoms with Crippen molar-refractivity contribution in [1.29, 1.82) is 0 Å². The van der Waals surface area contributed by atoms with Crippen molar-refractivity contribution < 1.29 is 5.11 Å². The summed E-state index contributed by atoms with van der Waals surface area (Å²) in [4.78, 5) is 4.29. The van der Waals surface area contributed by atoms with E-state index in [1.54, 1.807) is 13.1 Å². The summed E-state index contributed by atoms with van der Waals surface area (Å²) in [7, 11) is 1.75. The highest BCUT2D eigenvalue weighted by atomic mass is 35.5. The zero-order valence-electron chi connectivity index (χ0n) is 9.93. The summed E-state index contributed by atoms with van der Waals surface area (Å²) in [5, 5.41) is 16.0. The molecule has 1 aromatic heterocycles. The molecule has 1 heterocycles. The third kappa shape index (κ3) is 3.91. The molecule has 0 saturated carbocycles. The standard InChI is InChI=1S/C11H17Cl2N3O/c1-3-7(4-5-17)15-11-9(13)6-8(12)10(14-2)16-11/h6-7,17H,3-5H2,1-2H3,(H2,14,15,16). The Morgan fingerprint density at radius 1 is 1.35 bits per heavy atom. The predicted octanol–water partition coefficient (Wildman–Crippen LogP) is 3.00. The van der Waals surface area contributed by atoms with Gasteiger partial charge in [0.05, 0.1) is 10.0 Å². The van der Waals surface area contributed by atoms with Gasteiger partial charge >= 0.3 is 0 Å². The zero-order valence-corrected chi connectivity index (χ0v) is 11.4. The van der Waals surface area contributed by atoms with E-state index >= 15 is 0 Å². The largest absolute Gasteiger partial charge is 0.396 e. The van der Waals surface area contributed by atoms with Gasteiger partial charge in [0, 0.05) is 19.7 Å². The van der Waals surface area contributed by atoms with Crippen molar-refractivity contribution in [3.63, 3.8) is 0 Å². The topological polar surface area (TPSA) is 57.2 Å². The summed E-state index contributed by atoms with van der Waals surface area (Å²) in [6.07, 6.45) is 1.54. The van der Waals surface area contributed by atoms with Gasteiger partial charge in [0.25, 0.3) is 0 Å². The Labute approximate surface area is 111 Å². The van der Waals surface area contributed by atoms with Crippen molar-refractivity contribution in [2.45, 2.75) is 25.8 Å². The van der Waals surface area contributed by atoms with Gasteiger partial charge < -0.3 is 15.7 Å². The molecule has 4 nitrogen and oxygen atoms in total. The van der Waals surface area contributed by atoms with Crippen LogP contribution in [0.4, 0.5) is 11.6 Å². The molecule has 1 atom stereocenters. The fourth-order valence-electron chi connectivity index (χ4n) is 1.47. The number of nitrogens with one attached hydrogen (secondary N) is 2. The molecule has 6 heteroatoms. The monoisotopic (exact) mass is 277 g/mol. The number of pyridine rings is 1. The van der Waals surface area contributed by atoms with E-state index in [0.29, 0.717) is 28.1 Å². The lowest BCUT2D eigenvalue weighted by Crippen LogP contribution is -2.21. The summed E-state index contributed by atoms with van der Waals surface area (Å²) in [5.74, 6) is 1.16. The Kier molecular flexibility index (Phi) is 5.82. The first-order valence-corrected chi connectivity index (χ1v) is 6.29. The van der Waals surface area contributed by atoms with Gasteiger partial charge in [-0.05, 0) is 18.9 Å². The van der Waals surface area contributed by atoms with Crippen LogP contribution < -0.4 is 10.6 Å². The van der Waals surface area contributed by atoms with E-state index in [4.69, 9.17) is 28.3 Å². The van der Waals surface area contributed by atoms with Crippen molar-refractivity contribution in [3.05, 3.63) is 16.1 Å². The normalized spacial score (nSPS) is 12.3. The SMILES string of the molecule is CCC(CCO)Nc1nc(NC)c(Cl)cc1Cl. The molecular weight excluding hydrogens is 261 g/mol. The van der Waals surface area contributed by atoms with Crippen molar-refractivity contribution in [1.82, 2.24) is 4.98 Å². The third-order valence-corrected chi connectivity index (χ3v) is 3.05. The van der Waals surface area contributed by atoms with Crippen LogP contribution in [0.25, 0.3) is 0 Å². The highest BCUT2D eigenvalue weighted by Crippen LogP contribution is 2.29. The molecule has 0 fully saturated rings. The Balaban J connectivity index is 2.89. The molecule has 3 N–H and O–H groups in total. The number of hydrogen-bond acceptors (Lipinski definition) is 4. The summed E-state index contributed by atoms with van der Waals surface area (Å²) < 4.78 is 0. The zero-order chi connectivity index (χ0) is 12.8. The minimum atomic E-state index is 0.135. The van der Waals surface area contributed by atoms with E-state index in [9.17, 15) is 0 Å². The van der Waals surface area contributed by atoms with Crippen molar-refractivity contribution >= 4 is 34.8 Å². The Hall–Kier alpha value is -0.710. The van der Waals surface area contributed by atoms with Crippen LogP contribution in [0.5, 0.6) is 0 Å². The van der Waals surface area contributed by atoms with Crippen LogP contribution in [0.2, 0.25) is 10.0 Å². The number of rotatable bonds is 6. The Bertz CT molecular complexity index is 374. The maximum atomic E-state index is 8.93. The molecule has 0 aromatic carbocycles. The van der Waals surface area contributed by atoms with Gasteiger partial charge in [-0.2, -0.15) is 0 Å². The van der Waals surface area contributed by atoms with E-state index in [2.05, 4.69) is 15.6 Å². The third-order valence-electron chi connectivity index (χ3n) is 2.48. The first kappa shape index (κ1) is 14.4. The maximum absolute atomic E-state index is 8.93. The predicted molar refractivity (Wildman–Crippen MR) is 73.2 cm³/mol. The highest BCUT2D eigenvalue weighted by molar-refractivity contribution is 6.37. The second kappa shape index (κ2) is 6.89. The number of halogens is 2. The van der Waals surface area contributed by atoms with Crippen molar-refractivity contribution in [3.8, 4) is 0 Å². The van der Waals surface area contributed by atoms with Crippen LogP contribution in [0.3, 0.4) is 0 Å². The van der Waals surface area contributed by atoms with Gasteiger partial charge in [-0.25, -0.2) is 4.98 Å².